The molecule has 1 saturated carbocycles. The Labute approximate surface area is 121 Å². The third kappa shape index (κ3) is 2.67. The van der Waals surface area contributed by atoms with Gasteiger partial charge >= 0.3 is 0 Å². The molecule has 1 atom stereocenters. The van der Waals surface area contributed by atoms with Gasteiger partial charge in [0.2, 0.25) is 0 Å². The summed E-state index contributed by atoms with van der Waals surface area (Å²) in [6, 6.07) is 4.99. The summed E-state index contributed by atoms with van der Waals surface area (Å²) >= 11 is 0. The average molecular weight is 280 g/mol. The monoisotopic (exact) mass is 280 g/mol. The second kappa shape index (κ2) is 5.70. The van der Waals surface area contributed by atoms with E-state index in [0.717, 1.165) is 12.2 Å². The molecule has 0 bridgehead atoms. The number of hydrogen-bond donors (Lipinski definition) is 1. The summed E-state index contributed by atoms with van der Waals surface area (Å²) in [6.07, 6.45) is 2.79. The molecular formula is C16H25FN2O. The Balaban J connectivity index is 2.25. The first kappa shape index (κ1) is 15.3. The number of likely N-dealkylation sites (N-methyl/N-ethyl adjacent to an activating group) is 2. The number of hydrogen-bond acceptors (Lipinski definition) is 3. The summed E-state index contributed by atoms with van der Waals surface area (Å²) in [5, 5.41) is 9.84. The van der Waals surface area contributed by atoms with Crippen LogP contribution in [-0.4, -0.2) is 43.2 Å². The molecule has 112 valence electrons. The Hall–Kier alpha value is -1.13. The summed E-state index contributed by atoms with van der Waals surface area (Å²) in [6.45, 7) is 2.46. The molecule has 0 aromatic heterocycles. The molecule has 0 unspecified atom stereocenters. The first-order chi connectivity index (χ1) is 9.37. The van der Waals surface area contributed by atoms with Crippen LogP contribution in [0.4, 0.5) is 10.1 Å². The molecule has 0 radical (unpaired) electrons. The molecule has 0 aliphatic heterocycles. The number of nitrogens with zero attached hydrogens (tertiary/aromatic N) is 2. The van der Waals surface area contributed by atoms with Crippen LogP contribution in [0.15, 0.2) is 18.2 Å². The smallest absolute Gasteiger partial charge is 0.131 e. The highest BCUT2D eigenvalue weighted by molar-refractivity contribution is 5.55. The van der Waals surface area contributed by atoms with Gasteiger partial charge in [0, 0.05) is 30.4 Å². The molecule has 0 spiro atoms. The van der Waals surface area contributed by atoms with Crippen molar-refractivity contribution in [2.75, 3.05) is 32.6 Å². The molecule has 0 amide bonds. The minimum Gasteiger partial charge on any atom is -0.389 e. The number of anilines is 1. The molecule has 20 heavy (non-hydrogen) atoms. The third-order valence-corrected chi connectivity index (χ3v) is 4.62. The Bertz CT molecular complexity index is 470. The van der Waals surface area contributed by atoms with Gasteiger partial charge in [-0.1, -0.05) is 6.07 Å². The second-order valence-electron chi connectivity index (χ2n) is 6.18. The molecule has 0 heterocycles. The van der Waals surface area contributed by atoms with Gasteiger partial charge in [-0.15, -0.1) is 0 Å². The van der Waals surface area contributed by atoms with Crippen LogP contribution in [0.3, 0.4) is 0 Å². The molecular weight excluding hydrogens is 255 g/mol. The highest BCUT2D eigenvalue weighted by Gasteiger charge is 2.40. The van der Waals surface area contributed by atoms with Crippen LogP contribution >= 0.6 is 0 Å². The molecule has 1 fully saturated rings. The van der Waals surface area contributed by atoms with Gasteiger partial charge < -0.3 is 14.9 Å². The van der Waals surface area contributed by atoms with Gasteiger partial charge in [0.15, 0.2) is 0 Å². The maximum Gasteiger partial charge on any atom is 0.131 e. The minimum absolute atomic E-state index is 0.178. The first-order valence-corrected chi connectivity index (χ1v) is 7.22. The van der Waals surface area contributed by atoms with Crippen molar-refractivity contribution in [3.63, 3.8) is 0 Å². The van der Waals surface area contributed by atoms with E-state index >= 15 is 0 Å². The van der Waals surface area contributed by atoms with Crippen LogP contribution in [0.25, 0.3) is 0 Å². The van der Waals surface area contributed by atoms with Gasteiger partial charge in [0.25, 0.3) is 0 Å². The van der Waals surface area contributed by atoms with Gasteiger partial charge in [-0.3, -0.25) is 0 Å². The van der Waals surface area contributed by atoms with Crippen molar-refractivity contribution in [2.24, 2.45) is 0 Å². The lowest BCUT2D eigenvalue weighted by molar-refractivity contribution is 0.0681. The normalized spacial score (nSPS) is 18.8. The Morgan fingerprint density at radius 3 is 2.40 bits per heavy atom. The summed E-state index contributed by atoms with van der Waals surface area (Å²) in [5.74, 6) is -0.336. The van der Waals surface area contributed by atoms with Crippen LogP contribution in [0.5, 0.6) is 0 Å². The quantitative estimate of drug-likeness (QED) is 0.898. The Morgan fingerprint density at radius 2 is 1.95 bits per heavy atom. The maximum atomic E-state index is 14.0. The third-order valence-electron chi connectivity index (χ3n) is 4.62. The molecule has 4 heteroatoms. The van der Waals surface area contributed by atoms with E-state index in [-0.39, 0.29) is 11.4 Å². The van der Waals surface area contributed by atoms with Crippen molar-refractivity contribution in [1.29, 1.82) is 0 Å². The fourth-order valence-corrected chi connectivity index (χ4v) is 3.13. The van der Waals surface area contributed by atoms with Gasteiger partial charge in [-0.05, 0) is 52.4 Å². The lowest BCUT2D eigenvalue weighted by Crippen LogP contribution is -2.56. The molecule has 2 rings (SSSR count). The standard InChI is InChI=1S/C16H25FN2O/c1-12(20)15-13(17)7-5-8-14(15)19(4)11-16(18(2)3)9-6-10-16/h5,7-8,12,20H,6,9-11H2,1-4H3/t12-/m1/s1. The van der Waals surface area contributed by atoms with Gasteiger partial charge in [-0.2, -0.15) is 0 Å². The predicted octanol–water partition coefficient (Wildman–Crippen LogP) is 2.80. The fraction of sp³-hybridized carbons (Fsp3) is 0.625. The van der Waals surface area contributed by atoms with Crippen molar-refractivity contribution in [3.8, 4) is 0 Å². The van der Waals surface area contributed by atoms with E-state index in [2.05, 4.69) is 23.9 Å². The van der Waals surface area contributed by atoms with Crippen LogP contribution < -0.4 is 4.90 Å². The summed E-state index contributed by atoms with van der Waals surface area (Å²) < 4.78 is 14.0. The number of aliphatic hydroxyl groups excluding tert-OH is 1. The average Bonchev–Trinajstić information content (AvgIpc) is 2.32. The highest BCUT2D eigenvalue weighted by Crippen LogP contribution is 2.38. The predicted molar refractivity (Wildman–Crippen MR) is 80.6 cm³/mol. The molecule has 1 aliphatic carbocycles. The van der Waals surface area contributed by atoms with Crippen molar-refractivity contribution in [3.05, 3.63) is 29.6 Å². The molecule has 3 nitrogen and oxygen atoms in total. The Morgan fingerprint density at radius 1 is 1.30 bits per heavy atom. The number of rotatable bonds is 5. The lowest BCUT2D eigenvalue weighted by Gasteiger charge is -2.49. The molecule has 1 aromatic rings. The summed E-state index contributed by atoms with van der Waals surface area (Å²) in [4.78, 5) is 4.35. The minimum atomic E-state index is -0.801. The van der Waals surface area contributed by atoms with E-state index in [4.69, 9.17) is 0 Å². The number of benzene rings is 1. The largest absolute Gasteiger partial charge is 0.389 e. The second-order valence-corrected chi connectivity index (χ2v) is 6.18. The zero-order chi connectivity index (χ0) is 14.9. The molecule has 1 aliphatic rings. The maximum absolute atomic E-state index is 14.0. The van der Waals surface area contributed by atoms with Gasteiger partial charge in [-0.25, -0.2) is 4.39 Å². The lowest BCUT2D eigenvalue weighted by atomic mass is 9.75. The van der Waals surface area contributed by atoms with E-state index in [1.165, 1.54) is 25.3 Å². The van der Waals surface area contributed by atoms with E-state index in [9.17, 15) is 9.50 Å². The van der Waals surface area contributed by atoms with E-state index in [1.807, 2.05) is 13.1 Å². The van der Waals surface area contributed by atoms with Crippen LogP contribution in [0.2, 0.25) is 0 Å². The first-order valence-electron chi connectivity index (χ1n) is 7.22. The van der Waals surface area contributed by atoms with Crippen LogP contribution in [0, 0.1) is 5.82 Å². The number of aliphatic hydroxyl groups is 1. The van der Waals surface area contributed by atoms with Crippen molar-refractivity contribution in [1.82, 2.24) is 4.90 Å². The molecule has 0 saturated heterocycles. The van der Waals surface area contributed by atoms with Gasteiger partial charge in [0.1, 0.15) is 5.82 Å². The van der Waals surface area contributed by atoms with E-state index in [1.54, 1.807) is 13.0 Å². The van der Waals surface area contributed by atoms with Gasteiger partial charge in [0.05, 0.1) is 6.10 Å². The van der Waals surface area contributed by atoms with Crippen LogP contribution in [-0.2, 0) is 0 Å². The summed E-state index contributed by atoms with van der Waals surface area (Å²) in [5.41, 5.74) is 1.35. The van der Waals surface area contributed by atoms with Crippen molar-refractivity contribution in [2.45, 2.75) is 37.8 Å². The number of halogens is 1. The van der Waals surface area contributed by atoms with Crippen LogP contribution in [0.1, 0.15) is 37.9 Å². The highest BCUT2D eigenvalue weighted by atomic mass is 19.1. The summed E-state index contributed by atoms with van der Waals surface area (Å²) in [7, 11) is 6.19. The topological polar surface area (TPSA) is 26.7 Å². The molecule has 1 aromatic carbocycles. The van der Waals surface area contributed by atoms with Crippen molar-refractivity contribution >= 4 is 5.69 Å². The van der Waals surface area contributed by atoms with E-state index < -0.39 is 6.10 Å². The fourth-order valence-electron chi connectivity index (χ4n) is 3.13. The zero-order valence-electron chi connectivity index (χ0n) is 12.9. The molecule has 1 N–H and O–H groups in total. The zero-order valence-corrected chi connectivity index (χ0v) is 12.9. The Kier molecular flexibility index (Phi) is 4.35. The van der Waals surface area contributed by atoms with E-state index in [0.29, 0.717) is 5.56 Å². The SMILES string of the molecule is C[C@@H](O)c1c(F)cccc1N(C)CC1(N(C)C)CCC1. The van der Waals surface area contributed by atoms with Crippen molar-refractivity contribution < 1.29 is 9.50 Å².